The summed E-state index contributed by atoms with van der Waals surface area (Å²) in [6, 6.07) is 12.8. The molecule has 9 rings (SSSR count). The van der Waals surface area contributed by atoms with Crippen molar-refractivity contribution in [2.75, 3.05) is 20.8 Å². The Morgan fingerprint density at radius 1 is 0.841 bits per heavy atom. The van der Waals surface area contributed by atoms with Gasteiger partial charge in [0.2, 0.25) is 11.8 Å². The van der Waals surface area contributed by atoms with Crippen LogP contribution < -0.4 is 15.4 Å². The lowest BCUT2D eigenvalue weighted by Gasteiger charge is -2.34. The largest absolute Gasteiger partial charge is 0.488 e. The zero-order valence-electron chi connectivity index (χ0n) is 37.0. The Morgan fingerprint density at radius 2 is 1.62 bits per heavy atom. The van der Waals surface area contributed by atoms with E-state index in [9.17, 15) is 19.2 Å². The molecule has 6 atom stereocenters. The first-order valence-corrected chi connectivity index (χ1v) is 22.5. The van der Waals surface area contributed by atoms with Crippen LogP contribution in [0.1, 0.15) is 108 Å². The SMILES string of the molecule is COC(=O)NC(C(=O)N1C[C@@H](C)CC1c1ncc(-c2ccc3c(c2)COc2cc4c(ccc5nc([C@@H]6CC[C@H](C)N6C(=O)[C@@H](NC(=O)OC)C(C)C)[nH]c54)cc2-3)[nH]1)C1CCCCC1. The number of H-pyrrole nitrogens is 2. The number of nitrogens with one attached hydrogen (secondary N) is 4. The monoisotopic (exact) mass is 858 g/mol. The molecular weight excluding hydrogens is 801 g/mol. The number of carbonyl (C=O) groups is 4. The first-order valence-electron chi connectivity index (χ1n) is 22.5. The van der Waals surface area contributed by atoms with Gasteiger partial charge in [0.1, 0.15) is 36.1 Å². The van der Waals surface area contributed by atoms with Crippen LogP contribution in [0.5, 0.6) is 5.75 Å². The van der Waals surface area contributed by atoms with E-state index in [2.05, 4.69) is 63.9 Å². The average molecular weight is 859 g/mol. The molecule has 3 aromatic carbocycles. The number of alkyl carbamates (subject to hydrolysis) is 2. The van der Waals surface area contributed by atoms with Gasteiger partial charge in [0.05, 0.1) is 49.2 Å². The van der Waals surface area contributed by atoms with Gasteiger partial charge in [-0.25, -0.2) is 19.6 Å². The van der Waals surface area contributed by atoms with Gasteiger partial charge in [-0.1, -0.05) is 58.2 Å². The van der Waals surface area contributed by atoms with Gasteiger partial charge in [0.15, 0.2) is 0 Å². The van der Waals surface area contributed by atoms with Crippen LogP contribution in [-0.2, 0) is 25.7 Å². The fraction of sp³-hybridized carbons (Fsp3) is 0.500. The van der Waals surface area contributed by atoms with Crippen LogP contribution in [0.3, 0.4) is 0 Å². The van der Waals surface area contributed by atoms with Crippen LogP contribution in [0.15, 0.2) is 48.7 Å². The number of amides is 4. The van der Waals surface area contributed by atoms with E-state index in [1.807, 2.05) is 42.8 Å². The quantitative estimate of drug-likeness (QED) is 0.113. The Morgan fingerprint density at radius 3 is 2.38 bits per heavy atom. The third kappa shape index (κ3) is 7.95. The number of aromatic amines is 2. The Kier molecular flexibility index (Phi) is 11.5. The highest BCUT2D eigenvalue weighted by Gasteiger charge is 2.43. The molecule has 2 saturated heterocycles. The van der Waals surface area contributed by atoms with Crippen molar-refractivity contribution in [1.82, 2.24) is 40.4 Å². The molecule has 4 aliphatic rings. The number of carbonyl (C=O) groups excluding carboxylic acids is 4. The molecular formula is C48H58N8O7. The Bertz CT molecular complexity index is 2560. The Labute approximate surface area is 367 Å². The van der Waals surface area contributed by atoms with Crippen LogP contribution in [0, 0.1) is 17.8 Å². The number of fused-ring (bicyclic) bond motifs is 6. The number of nitrogens with zero attached hydrogens (tertiary/aromatic N) is 4. The van der Waals surface area contributed by atoms with Crippen molar-refractivity contribution < 1.29 is 33.4 Å². The number of methoxy groups -OCH3 is 2. The number of rotatable bonds is 9. The number of hydrogen-bond acceptors (Lipinski definition) is 9. The van der Waals surface area contributed by atoms with Gasteiger partial charge in [-0.05, 0) is 103 Å². The number of aromatic nitrogens is 4. The second-order valence-corrected chi connectivity index (χ2v) is 18.4. The van der Waals surface area contributed by atoms with E-state index in [1.54, 1.807) is 0 Å². The summed E-state index contributed by atoms with van der Waals surface area (Å²) >= 11 is 0. The molecule has 4 N–H and O–H groups in total. The molecule has 0 spiro atoms. The number of benzene rings is 3. The summed E-state index contributed by atoms with van der Waals surface area (Å²) in [5.41, 5.74) is 6.66. The third-order valence-corrected chi connectivity index (χ3v) is 13.9. The maximum atomic E-state index is 14.3. The van der Waals surface area contributed by atoms with Crippen molar-refractivity contribution >= 4 is 45.8 Å². The summed E-state index contributed by atoms with van der Waals surface area (Å²) in [6.07, 6.45) is 8.02. The van der Waals surface area contributed by atoms with Crippen LogP contribution in [0.4, 0.5) is 9.59 Å². The molecule has 0 bridgehead atoms. The van der Waals surface area contributed by atoms with Crippen molar-refractivity contribution in [3.05, 3.63) is 65.9 Å². The number of imidazole rings is 2. The third-order valence-electron chi connectivity index (χ3n) is 13.9. The molecule has 4 amide bonds. The minimum atomic E-state index is -0.725. The summed E-state index contributed by atoms with van der Waals surface area (Å²) in [7, 11) is 2.63. The number of ether oxygens (including phenoxy) is 3. The molecule has 15 nitrogen and oxygen atoms in total. The highest BCUT2D eigenvalue weighted by molar-refractivity contribution is 6.07. The fourth-order valence-electron chi connectivity index (χ4n) is 10.5. The molecule has 332 valence electrons. The van der Waals surface area contributed by atoms with Gasteiger partial charge in [-0.2, -0.15) is 0 Å². The van der Waals surface area contributed by atoms with E-state index in [0.717, 1.165) is 119 Å². The van der Waals surface area contributed by atoms with Crippen LogP contribution in [-0.4, -0.2) is 92.6 Å². The fourth-order valence-corrected chi connectivity index (χ4v) is 10.5. The van der Waals surface area contributed by atoms with Gasteiger partial charge in [0, 0.05) is 23.5 Å². The second-order valence-electron chi connectivity index (χ2n) is 18.4. The lowest BCUT2D eigenvalue weighted by Crippen LogP contribution is -2.52. The second kappa shape index (κ2) is 17.2. The number of hydrogen-bond donors (Lipinski definition) is 4. The van der Waals surface area contributed by atoms with E-state index in [-0.39, 0.29) is 47.7 Å². The van der Waals surface area contributed by atoms with Crippen LogP contribution in [0.2, 0.25) is 0 Å². The van der Waals surface area contributed by atoms with Gasteiger partial charge < -0.3 is 44.6 Å². The smallest absolute Gasteiger partial charge is 0.407 e. The topological polar surface area (TPSA) is 184 Å². The van der Waals surface area contributed by atoms with Crippen LogP contribution >= 0.6 is 0 Å². The van der Waals surface area contributed by atoms with Gasteiger partial charge in [0.25, 0.3) is 0 Å². The molecule has 5 aromatic rings. The van der Waals surface area contributed by atoms with Crippen molar-refractivity contribution in [2.24, 2.45) is 17.8 Å². The predicted molar refractivity (Wildman–Crippen MR) is 238 cm³/mol. The van der Waals surface area contributed by atoms with Crippen molar-refractivity contribution in [1.29, 1.82) is 0 Å². The lowest BCUT2D eigenvalue weighted by molar-refractivity contribution is -0.137. The normalized spacial score (nSPS) is 22.1. The minimum Gasteiger partial charge on any atom is -0.488 e. The molecule has 2 aromatic heterocycles. The Balaban J connectivity index is 0.959. The van der Waals surface area contributed by atoms with E-state index in [1.165, 1.54) is 14.2 Å². The lowest BCUT2D eigenvalue weighted by atomic mass is 9.83. The summed E-state index contributed by atoms with van der Waals surface area (Å²) < 4.78 is 16.2. The van der Waals surface area contributed by atoms with E-state index >= 15 is 0 Å². The molecule has 1 aliphatic carbocycles. The Hall–Kier alpha value is -6.12. The highest BCUT2D eigenvalue weighted by atomic mass is 16.5. The maximum Gasteiger partial charge on any atom is 0.407 e. The average Bonchev–Trinajstić information content (AvgIpc) is 4.12. The zero-order valence-corrected chi connectivity index (χ0v) is 37.0. The van der Waals surface area contributed by atoms with Gasteiger partial charge in [-0.15, -0.1) is 0 Å². The summed E-state index contributed by atoms with van der Waals surface area (Å²) in [5, 5.41) is 7.64. The molecule has 1 saturated carbocycles. The summed E-state index contributed by atoms with van der Waals surface area (Å²) in [5.74, 6) is 2.23. The van der Waals surface area contributed by atoms with E-state index < -0.39 is 24.3 Å². The summed E-state index contributed by atoms with van der Waals surface area (Å²) in [4.78, 5) is 73.6. The van der Waals surface area contributed by atoms with E-state index in [4.69, 9.17) is 24.2 Å². The molecule has 2 unspecified atom stereocenters. The molecule has 5 heterocycles. The highest BCUT2D eigenvalue weighted by Crippen LogP contribution is 2.44. The minimum absolute atomic E-state index is 0.0244. The van der Waals surface area contributed by atoms with Crippen LogP contribution in [0.25, 0.3) is 44.2 Å². The van der Waals surface area contributed by atoms with Crippen molar-refractivity contribution in [3.63, 3.8) is 0 Å². The molecule has 3 fully saturated rings. The van der Waals surface area contributed by atoms with Gasteiger partial charge in [-0.3, -0.25) is 9.59 Å². The van der Waals surface area contributed by atoms with Crippen molar-refractivity contribution in [2.45, 2.75) is 116 Å². The number of likely N-dealkylation sites (tertiary alicyclic amines) is 2. The maximum absolute atomic E-state index is 14.3. The zero-order chi connectivity index (χ0) is 44.1. The van der Waals surface area contributed by atoms with E-state index in [0.29, 0.717) is 13.2 Å². The summed E-state index contributed by atoms with van der Waals surface area (Å²) in [6.45, 7) is 9.00. The van der Waals surface area contributed by atoms with Crippen molar-refractivity contribution in [3.8, 4) is 28.1 Å². The first-order chi connectivity index (χ1) is 30.4. The molecule has 3 aliphatic heterocycles. The van der Waals surface area contributed by atoms with Gasteiger partial charge >= 0.3 is 12.2 Å². The first kappa shape index (κ1) is 42.2. The molecule has 0 radical (unpaired) electrons. The molecule has 63 heavy (non-hydrogen) atoms. The standard InChI is InChI=1S/C48H58N8O7/c1-25(2)40(53-47(59)61-5)46(58)56-27(4)12-17-37(56)44-50-35-16-14-29-20-34-32-15-13-30(19-31(32)24-63-39(34)21-33(29)42(35)52-44)36-22-49-43(51-36)38-18-26(3)23-55(38)45(57)41(54-48(60)62-6)28-10-8-7-9-11-28/h13-16,19-22,25-28,37-38,40-41H,7-12,17-18,23-24H2,1-6H3,(H,49,51)(H,50,52)(H,53,59)(H,54,60)/t26-,27-,37-,38?,40-,41?/m0/s1. The molecule has 15 heteroatoms. The predicted octanol–water partition coefficient (Wildman–Crippen LogP) is 8.31.